The smallest absolute Gasteiger partial charge is 0.272 e. The fraction of sp³-hybridized carbons (Fsp3) is 0.192. The van der Waals surface area contributed by atoms with Crippen molar-refractivity contribution in [3.8, 4) is 11.1 Å². The molecule has 2 N–H and O–H groups in total. The number of rotatable bonds is 5. The number of aryl methyl sites for hydroxylation is 3. The van der Waals surface area contributed by atoms with Crippen molar-refractivity contribution in [1.29, 1.82) is 0 Å². The van der Waals surface area contributed by atoms with E-state index in [0.29, 0.717) is 17.7 Å². The van der Waals surface area contributed by atoms with E-state index in [2.05, 4.69) is 46.3 Å². The van der Waals surface area contributed by atoms with Crippen molar-refractivity contribution in [3.63, 3.8) is 0 Å². The van der Waals surface area contributed by atoms with E-state index in [1.807, 2.05) is 48.3 Å². The van der Waals surface area contributed by atoms with Gasteiger partial charge in [0.2, 0.25) is 10.0 Å². The van der Waals surface area contributed by atoms with Crippen LogP contribution in [0.2, 0.25) is 0 Å². The number of aromatic nitrogens is 3. The van der Waals surface area contributed by atoms with Crippen molar-refractivity contribution in [2.24, 2.45) is 7.05 Å². The second kappa shape index (κ2) is 7.92. The van der Waals surface area contributed by atoms with Crippen LogP contribution in [0.3, 0.4) is 0 Å². The van der Waals surface area contributed by atoms with Gasteiger partial charge in [-0.1, -0.05) is 23.8 Å². The van der Waals surface area contributed by atoms with Gasteiger partial charge in [-0.15, -0.1) is 0 Å². The Morgan fingerprint density at radius 2 is 1.79 bits per heavy atom. The monoisotopic (exact) mass is 474 g/mol. The number of nitrogens with zero attached hydrogens (tertiary/aromatic N) is 2. The lowest BCUT2D eigenvalue weighted by atomic mass is 10.0. The minimum absolute atomic E-state index is 0.168. The van der Waals surface area contributed by atoms with E-state index in [-0.39, 0.29) is 5.56 Å². The highest BCUT2D eigenvalue weighted by Crippen LogP contribution is 2.37. The Morgan fingerprint density at radius 1 is 1.00 bits per heavy atom. The van der Waals surface area contributed by atoms with Crippen LogP contribution in [0.4, 0.5) is 5.69 Å². The summed E-state index contributed by atoms with van der Waals surface area (Å²) in [5, 5.41) is 1.72. The third-order valence-corrected chi connectivity index (χ3v) is 6.80. The predicted octanol–water partition coefficient (Wildman–Crippen LogP) is 4.52. The number of hydrogen-bond donors (Lipinski definition) is 2. The molecule has 0 radical (unpaired) electrons. The highest BCUT2D eigenvalue weighted by atomic mass is 32.2. The van der Waals surface area contributed by atoms with Gasteiger partial charge in [-0.2, -0.15) is 0 Å². The highest BCUT2D eigenvalue weighted by molar-refractivity contribution is 7.92. The molecule has 3 aromatic heterocycles. The molecule has 34 heavy (non-hydrogen) atoms. The SMILES string of the molecule is Cc1ccc(Cn2ccc3cc(NS(C)(=O)=O)cc(-c4cn(C)c5c(=O)[nH]ccc45)c32)c(C)c1. The van der Waals surface area contributed by atoms with E-state index < -0.39 is 10.0 Å². The summed E-state index contributed by atoms with van der Waals surface area (Å²) in [6.07, 6.45) is 6.72. The zero-order valence-electron chi connectivity index (χ0n) is 19.5. The molecule has 0 saturated carbocycles. The minimum atomic E-state index is -3.46. The lowest BCUT2D eigenvalue weighted by Crippen LogP contribution is -2.09. The fourth-order valence-corrected chi connectivity index (χ4v) is 5.29. The number of aromatic amines is 1. The van der Waals surface area contributed by atoms with E-state index >= 15 is 0 Å². The summed E-state index contributed by atoms with van der Waals surface area (Å²) in [5.74, 6) is 0. The molecule has 0 spiro atoms. The first-order valence-corrected chi connectivity index (χ1v) is 12.8. The molecule has 2 aromatic carbocycles. The number of fused-ring (bicyclic) bond motifs is 2. The maximum absolute atomic E-state index is 12.5. The number of H-pyrrole nitrogens is 1. The van der Waals surface area contributed by atoms with Gasteiger partial charge < -0.3 is 14.1 Å². The normalized spacial score (nSPS) is 12.0. The van der Waals surface area contributed by atoms with Gasteiger partial charge in [-0.05, 0) is 49.2 Å². The molecule has 3 heterocycles. The van der Waals surface area contributed by atoms with Crippen LogP contribution >= 0.6 is 0 Å². The van der Waals surface area contributed by atoms with Gasteiger partial charge in [0.25, 0.3) is 5.56 Å². The van der Waals surface area contributed by atoms with E-state index in [9.17, 15) is 13.2 Å². The topological polar surface area (TPSA) is 88.9 Å². The molecule has 0 aliphatic heterocycles. The van der Waals surface area contributed by atoms with Crippen LogP contribution in [-0.2, 0) is 23.6 Å². The van der Waals surface area contributed by atoms with Crippen molar-refractivity contribution in [1.82, 2.24) is 14.1 Å². The minimum Gasteiger partial charge on any atom is -0.345 e. The summed E-state index contributed by atoms with van der Waals surface area (Å²) in [4.78, 5) is 15.2. The molecule has 0 aliphatic rings. The predicted molar refractivity (Wildman–Crippen MR) is 138 cm³/mol. The second-order valence-electron chi connectivity index (χ2n) is 8.93. The molecule has 0 aliphatic carbocycles. The molecule has 0 amide bonds. The van der Waals surface area contributed by atoms with Crippen LogP contribution in [-0.4, -0.2) is 28.8 Å². The van der Waals surface area contributed by atoms with Gasteiger partial charge in [0.15, 0.2) is 0 Å². The van der Waals surface area contributed by atoms with Gasteiger partial charge >= 0.3 is 0 Å². The van der Waals surface area contributed by atoms with Crippen molar-refractivity contribution >= 4 is 37.5 Å². The van der Waals surface area contributed by atoms with Crippen molar-refractivity contribution in [2.45, 2.75) is 20.4 Å². The van der Waals surface area contributed by atoms with E-state index in [1.165, 1.54) is 16.7 Å². The Balaban J connectivity index is 1.79. The summed E-state index contributed by atoms with van der Waals surface area (Å²) in [7, 11) is -1.62. The van der Waals surface area contributed by atoms with Gasteiger partial charge in [0.05, 0.1) is 11.8 Å². The highest BCUT2D eigenvalue weighted by Gasteiger charge is 2.18. The molecular formula is C26H26N4O3S. The molecule has 7 nitrogen and oxygen atoms in total. The third-order valence-electron chi connectivity index (χ3n) is 6.19. The summed E-state index contributed by atoms with van der Waals surface area (Å²) in [6, 6.07) is 14.0. The third kappa shape index (κ3) is 3.90. The number of hydrogen-bond acceptors (Lipinski definition) is 3. The van der Waals surface area contributed by atoms with Gasteiger partial charge in [-0.3, -0.25) is 9.52 Å². The molecule has 8 heteroatoms. The lowest BCUT2D eigenvalue weighted by molar-refractivity contribution is 0.607. The van der Waals surface area contributed by atoms with Gasteiger partial charge in [0, 0.05) is 59.8 Å². The van der Waals surface area contributed by atoms with Crippen LogP contribution in [0.15, 0.2) is 65.8 Å². The Kier molecular flexibility index (Phi) is 5.13. The fourth-order valence-electron chi connectivity index (χ4n) is 4.75. The van der Waals surface area contributed by atoms with Crippen molar-refractivity contribution in [2.75, 3.05) is 11.0 Å². The van der Waals surface area contributed by atoms with Crippen LogP contribution in [0.1, 0.15) is 16.7 Å². The maximum atomic E-state index is 12.5. The standard InChI is InChI=1S/C26H26N4O3S/c1-16-5-6-19(17(2)11-16)14-30-10-8-18-12-20(28-34(4,32)33)13-22(24(18)30)23-15-29(3)25-21(23)7-9-27-26(25)31/h5-13,15,28H,14H2,1-4H3,(H,27,31). The number of pyridine rings is 1. The summed E-state index contributed by atoms with van der Waals surface area (Å²) in [5.41, 5.74) is 7.23. The maximum Gasteiger partial charge on any atom is 0.272 e. The Bertz CT molecular complexity index is 1740. The first-order valence-electron chi connectivity index (χ1n) is 10.9. The lowest BCUT2D eigenvalue weighted by Gasteiger charge is -2.14. The quantitative estimate of drug-likeness (QED) is 0.392. The van der Waals surface area contributed by atoms with E-state index in [1.54, 1.807) is 6.20 Å². The molecule has 0 bridgehead atoms. The summed E-state index contributed by atoms with van der Waals surface area (Å²) >= 11 is 0. The summed E-state index contributed by atoms with van der Waals surface area (Å²) < 4.78 is 30.6. The van der Waals surface area contributed by atoms with Crippen molar-refractivity contribution in [3.05, 3.63) is 88.1 Å². The number of anilines is 1. The van der Waals surface area contributed by atoms with Crippen molar-refractivity contribution < 1.29 is 8.42 Å². The van der Waals surface area contributed by atoms with Crippen LogP contribution < -0.4 is 10.3 Å². The molecule has 5 aromatic rings. The molecule has 5 rings (SSSR count). The Morgan fingerprint density at radius 3 is 2.53 bits per heavy atom. The first-order chi connectivity index (χ1) is 16.1. The Labute approximate surface area is 197 Å². The largest absolute Gasteiger partial charge is 0.345 e. The average molecular weight is 475 g/mol. The number of nitrogens with one attached hydrogen (secondary N) is 2. The first kappa shape index (κ1) is 22.0. The zero-order valence-corrected chi connectivity index (χ0v) is 20.3. The van der Waals surface area contributed by atoms with Gasteiger partial charge in [-0.25, -0.2) is 8.42 Å². The van der Waals surface area contributed by atoms with Crippen LogP contribution in [0.5, 0.6) is 0 Å². The van der Waals surface area contributed by atoms with Crippen LogP contribution in [0, 0.1) is 13.8 Å². The number of sulfonamides is 1. The Hall–Kier alpha value is -3.78. The molecular weight excluding hydrogens is 448 g/mol. The second-order valence-corrected chi connectivity index (χ2v) is 10.7. The van der Waals surface area contributed by atoms with Gasteiger partial charge in [0.1, 0.15) is 5.52 Å². The number of benzene rings is 2. The average Bonchev–Trinajstić information content (AvgIpc) is 3.30. The molecule has 174 valence electrons. The molecule has 0 unspecified atom stereocenters. The zero-order chi connectivity index (χ0) is 24.2. The van der Waals surface area contributed by atoms with E-state index in [4.69, 9.17) is 0 Å². The molecule has 0 saturated heterocycles. The molecule has 0 fully saturated rings. The summed E-state index contributed by atoms with van der Waals surface area (Å²) in [6.45, 7) is 4.87. The van der Waals surface area contributed by atoms with Crippen LogP contribution in [0.25, 0.3) is 32.9 Å². The van der Waals surface area contributed by atoms with E-state index in [0.717, 1.165) is 33.7 Å². The molecule has 0 atom stereocenters.